The Morgan fingerprint density at radius 1 is 0.857 bits per heavy atom. The van der Waals surface area contributed by atoms with Crippen LogP contribution in [0.4, 0.5) is 0 Å². The van der Waals surface area contributed by atoms with E-state index in [2.05, 4.69) is 10.6 Å². The molecule has 11 heteroatoms. The van der Waals surface area contributed by atoms with Crippen molar-refractivity contribution in [3.8, 4) is 5.75 Å². The number of hydrogen-bond acceptors (Lipinski definition) is 6. The molecule has 0 unspecified atom stereocenters. The number of carbonyl (C=O) groups is 3. The van der Waals surface area contributed by atoms with Crippen LogP contribution >= 0.6 is 11.6 Å². The lowest BCUT2D eigenvalue weighted by Crippen LogP contribution is -2.38. The topological polar surface area (TPSA) is 131 Å². The zero-order valence-corrected chi connectivity index (χ0v) is 20.8. The smallest absolute Gasteiger partial charge is 0.251 e. The molecule has 2 aromatic rings. The van der Waals surface area contributed by atoms with Gasteiger partial charge in [-0.2, -0.15) is 0 Å². The van der Waals surface area contributed by atoms with Crippen molar-refractivity contribution < 1.29 is 27.5 Å². The van der Waals surface area contributed by atoms with Crippen molar-refractivity contribution in [1.82, 2.24) is 15.4 Å². The van der Waals surface area contributed by atoms with Crippen molar-refractivity contribution in [2.45, 2.75) is 31.8 Å². The molecule has 1 fully saturated rings. The van der Waals surface area contributed by atoms with Crippen molar-refractivity contribution in [2.24, 2.45) is 5.92 Å². The number of sulfonamides is 1. The summed E-state index contributed by atoms with van der Waals surface area (Å²) >= 11 is 5.81. The van der Waals surface area contributed by atoms with Crippen LogP contribution in [0.25, 0.3) is 0 Å². The van der Waals surface area contributed by atoms with Gasteiger partial charge in [0, 0.05) is 35.2 Å². The fourth-order valence-electron chi connectivity index (χ4n) is 3.74. The first-order chi connectivity index (χ1) is 16.6. The van der Waals surface area contributed by atoms with Gasteiger partial charge in [-0.3, -0.25) is 19.1 Å². The normalized spacial score (nSPS) is 17.8. The minimum atomic E-state index is -3.56. The van der Waals surface area contributed by atoms with Gasteiger partial charge in [0.15, 0.2) is 0 Å². The number of nitrogens with one attached hydrogen (secondary N) is 3. The lowest BCUT2D eigenvalue weighted by molar-refractivity contribution is -0.124. The molecule has 9 nitrogen and oxygen atoms in total. The van der Waals surface area contributed by atoms with Gasteiger partial charge in [0.25, 0.3) is 11.8 Å². The average molecular weight is 522 g/mol. The minimum Gasteiger partial charge on any atom is -0.490 e. The van der Waals surface area contributed by atoms with Gasteiger partial charge >= 0.3 is 0 Å². The molecule has 1 aliphatic carbocycles. The SMILES string of the molecule is CS(=O)(=O)NC(=O)[C@H]1CC[C@@H](Oc2ccc(C(=O)NCCNC(=O)c3ccc(Cl)cc3)cc2)CC1. The maximum atomic E-state index is 12.3. The first-order valence-corrected chi connectivity index (χ1v) is 13.5. The Hall–Kier alpha value is -3.11. The first kappa shape index (κ1) is 26.5. The van der Waals surface area contributed by atoms with Crippen LogP contribution < -0.4 is 20.1 Å². The Bertz CT molecular complexity index is 1140. The molecule has 188 valence electrons. The monoisotopic (exact) mass is 521 g/mol. The van der Waals surface area contributed by atoms with E-state index in [0.29, 0.717) is 47.6 Å². The van der Waals surface area contributed by atoms with Crippen LogP contribution in [0.5, 0.6) is 5.75 Å². The lowest BCUT2D eigenvalue weighted by atomic mass is 9.87. The van der Waals surface area contributed by atoms with Crippen LogP contribution in [0, 0.1) is 5.92 Å². The molecule has 0 heterocycles. The molecule has 0 saturated heterocycles. The molecule has 0 atom stereocenters. The van der Waals surface area contributed by atoms with Crippen LogP contribution in [0.2, 0.25) is 5.02 Å². The van der Waals surface area contributed by atoms with E-state index in [1.165, 1.54) is 0 Å². The highest BCUT2D eigenvalue weighted by Gasteiger charge is 2.28. The Labute approximate surface area is 209 Å². The number of halogens is 1. The maximum absolute atomic E-state index is 12.3. The fourth-order valence-corrected chi connectivity index (χ4v) is 4.40. The van der Waals surface area contributed by atoms with E-state index < -0.39 is 15.9 Å². The number of ether oxygens (including phenoxy) is 1. The molecule has 2 aromatic carbocycles. The number of rotatable bonds is 9. The molecular weight excluding hydrogens is 494 g/mol. The van der Waals surface area contributed by atoms with E-state index in [0.717, 1.165) is 6.26 Å². The van der Waals surface area contributed by atoms with Gasteiger partial charge in [-0.25, -0.2) is 8.42 Å². The minimum absolute atomic E-state index is 0.0822. The van der Waals surface area contributed by atoms with E-state index in [-0.39, 0.29) is 36.9 Å². The summed E-state index contributed by atoms with van der Waals surface area (Å²) in [7, 11) is -3.56. The van der Waals surface area contributed by atoms with Crippen molar-refractivity contribution in [2.75, 3.05) is 19.3 Å². The molecule has 0 bridgehead atoms. The van der Waals surface area contributed by atoms with Crippen LogP contribution in [-0.2, 0) is 14.8 Å². The summed E-state index contributed by atoms with van der Waals surface area (Å²) < 4.78 is 30.4. The van der Waals surface area contributed by atoms with Crippen molar-refractivity contribution >= 4 is 39.3 Å². The molecule has 0 aliphatic heterocycles. The molecule has 0 spiro atoms. The number of amides is 3. The Morgan fingerprint density at radius 2 is 1.34 bits per heavy atom. The van der Waals surface area contributed by atoms with E-state index in [4.69, 9.17) is 16.3 Å². The second-order valence-corrected chi connectivity index (χ2v) is 10.6. The van der Waals surface area contributed by atoms with E-state index >= 15 is 0 Å². The predicted octanol–water partition coefficient (Wildman–Crippen LogP) is 2.51. The van der Waals surface area contributed by atoms with Gasteiger partial charge in [-0.1, -0.05) is 11.6 Å². The van der Waals surface area contributed by atoms with Crippen LogP contribution in [0.3, 0.4) is 0 Å². The molecule has 35 heavy (non-hydrogen) atoms. The number of hydrogen-bond donors (Lipinski definition) is 3. The predicted molar refractivity (Wildman–Crippen MR) is 132 cm³/mol. The summed E-state index contributed by atoms with van der Waals surface area (Å²) in [5, 5.41) is 6.03. The number of carbonyl (C=O) groups excluding carboxylic acids is 3. The maximum Gasteiger partial charge on any atom is 0.251 e. The van der Waals surface area contributed by atoms with Gasteiger partial charge < -0.3 is 15.4 Å². The number of benzene rings is 2. The highest BCUT2D eigenvalue weighted by molar-refractivity contribution is 7.89. The van der Waals surface area contributed by atoms with Gasteiger partial charge in [0.05, 0.1) is 12.4 Å². The summed E-state index contributed by atoms with van der Waals surface area (Å²) in [5.74, 6) is -0.713. The zero-order chi connectivity index (χ0) is 25.4. The summed E-state index contributed by atoms with van der Waals surface area (Å²) in [6, 6.07) is 13.3. The molecule has 3 amide bonds. The molecule has 1 saturated carbocycles. The van der Waals surface area contributed by atoms with E-state index in [1.54, 1.807) is 48.5 Å². The van der Waals surface area contributed by atoms with Gasteiger partial charge in [-0.15, -0.1) is 0 Å². The third kappa shape index (κ3) is 8.56. The second kappa shape index (κ2) is 12.0. The second-order valence-electron chi connectivity index (χ2n) is 8.37. The molecule has 3 N–H and O–H groups in total. The third-order valence-electron chi connectivity index (χ3n) is 5.55. The Morgan fingerprint density at radius 3 is 1.83 bits per heavy atom. The van der Waals surface area contributed by atoms with Crippen molar-refractivity contribution in [1.29, 1.82) is 0 Å². The van der Waals surface area contributed by atoms with Gasteiger partial charge in [0.2, 0.25) is 15.9 Å². The average Bonchev–Trinajstić information content (AvgIpc) is 2.82. The first-order valence-electron chi connectivity index (χ1n) is 11.2. The van der Waals surface area contributed by atoms with E-state index in [9.17, 15) is 22.8 Å². The van der Waals surface area contributed by atoms with Crippen LogP contribution in [0.1, 0.15) is 46.4 Å². The highest BCUT2D eigenvalue weighted by Crippen LogP contribution is 2.28. The molecule has 1 aliphatic rings. The summed E-state index contributed by atoms with van der Waals surface area (Å²) in [6.45, 7) is 0.547. The summed E-state index contributed by atoms with van der Waals surface area (Å²) in [6.07, 6.45) is 3.23. The summed E-state index contributed by atoms with van der Waals surface area (Å²) in [5.41, 5.74) is 0.949. The van der Waals surface area contributed by atoms with Crippen LogP contribution in [-0.4, -0.2) is 51.6 Å². The third-order valence-corrected chi connectivity index (χ3v) is 6.38. The molecule has 0 aromatic heterocycles. The zero-order valence-electron chi connectivity index (χ0n) is 19.3. The van der Waals surface area contributed by atoms with E-state index in [1.807, 2.05) is 4.72 Å². The quantitative estimate of drug-likeness (QED) is 0.435. The largest absolute Gasteiger partial charge is 0.490 e. The van der Waals surface area contributed by atoms with Gasteiger partial charge in [0.1, 0.15) is 5.75 Å². The Balaban J connectivity index is 1.38. The molecule has 3 rings (SSSR count). The highest BCUT2D eigenvalue weighted by atomic mass is 35.5. The Kier molecular flexibility index (Phi) is 9.11. The van der Waals surface area contributed by atoms with Crippen molar-refractivity contribution in [3.63, 3.8) is 0 Å². The molecule has 0 radical (unpaired) electrons. The fraction of sp³-hybridized carbons (Fsp3) is 0.375. The molecular formula is C24H28ClN3O6S. The standard InChI is InChI=1S/C24H28ClN3O6S/c1-35(32,33)28-24(31)18-6-12-21(13-7-18)34-20-10-4-17(5-11-20)23(30)27-15-14-26-22(29)16-2-8-19(25)9-3-16/h2-5,8-11,18,21H,6-7,12-15H2,1H3,(H,26,29)(H,27,30)(H,28,31)/t18-,21+. The van der Waals surface area contributed by atoms with Crippen molar-refractivity contribution in [3.05, 3.63) is 64.7 Å². The lowest BCUT2D eigenvalue weighted by Gasteiger charge is -2.28. The summed E-state index contributed by atoms with van der Waals surface area (Å²) in [4.78, 5) is 36.4. The van der Waals surface area contributed by atoms with Gasteiger partial charge in [-0.05, 0) is 74.2 Å². The van der Waals surface area contributed by atoms with Crippen LogP contribution in [0.15, 0.2) is 48.5 Å².